The number of hydrogen-bond donors (Lipinski definition) is 1. The highest BCUT2D eigenvalue weighted by atomic mass is 19.1. The van der Waals surface area contributed by atoms with Crippen molar-refractivity contribution in [1.82, 2.24) is 10.3 Å². The van der Waals surface area contributed by atoms with Crippen molar-refractivity contribution in [3.05, 3.63) is 65.0 Å². The summed E-state index contributed by atoms with van der Waals surface area (Å²) in [6.07, 6.45) is 0. The summed E-state index contributed by atoms with van der Waals surface area (Å²) in [4.78, 5) is 14.4. The van der Waals surface area contributed by atoms with Gasteiger partial charge in [0.25, 0.3) is 5.91 Å². The molecule has 144 valence electrons. The van der Waals surface area contributed by atoms with Gasteiger partial charge in [-0.25, -0.2) is 9.82 Å². The number of amides is 1. The van der Waals surface area contributed by atoms with E-state index in [1.807, 2.05) is 18.2 Å². The zero-order chi connectivity index (χ0) is 19.8. The van der Waals surface area contributed by atoms with E-state index in [0.717, 1.165) is 36.5 Å². The molecular weight excluding hydrogens is 345 g/mol. The number of hydrazone groups is 1. The van der Waals surface area contributed by atoms with Crippen LogP contribution in [0.15, 0.2) is 47.6 Å². The number of methoxy groups -OCH3 is 1. The lowest BCUT2D eigenvalue weighted by Crippen LogP contribution is -2.23. The average Bonchev–Trinajstić information content (AvgIpc) is 2.70. The minimum Gasteiger partial charge on any atom is -0.496 e. The summed E-state index contributed by atoms with van der Waals surface area (Å²) in [5, 5.41) is 4.12. The molecule has 1 N–H and O–H groups in total. The molecule has 0 bridgehead atoms. The molecule has 2 aromatic rings. The third-order valence-electron chi connectivity index (χ3n) is 4.43. The molecule has 0 saturated carbocycles. The summed E-state index contributed by atoms with van der Waals surface area (Å²) in [5.74, 6) is -0.341. The van der Waals surface area contributed by atoms with Gasteiger partial charge in [0.1, 0.15) is 11.6 Å². The monoisotopic (exact) mass is 371 g/mol. The number of rotatable bonds is 8. The van der Waals surface area contributed by atoms with Gasteiger partial charge in [0.05, 0.1) is 18.4 Å². The van der Waals surface area contributed by atoms with E-state index in [-0.39, 0.29) is 5.56 Å². The number of benzene rings is 2. The van der Waals surface area contributed by atoms with Gasteiger partial charge in [-0.05, 0) is 55.9 Å². The van der Waals surface area contributed by atoms with E-state index in [9.17, 15) is 9.18 Å². The molecule has 0 saturated heterocycles. The van der Waals surface area contributed by atoms with Crippen LogP contribution < -0.4 is 10.2 Å². The molecule has 0 atom stereocenters. The SMILES string of the molecule is CCN(CC)Cc1cc(/C(C)=N\NC(=O)c2ccccc2F)ccc1OC. The Balaban J connectivity index is 2.19. The van der Waals surface area contributed by atoms with Crippen molar-refractivity contribution < 1.29 is 13.9 Å². The Kier molecular flexibility index (Phi) is 7.49. The molecule has 0 aromatic heterocycles. The second-order valence-electron chi connectivity index (χ2n) is 6.11. The number of carbonyl (C=O) groups is 1. The van der Waals surface area contributed by atoms with Crippen LogP contribution in [-0.2, 0) is 6.54 Å². The fourth-order valence-corrected chi connectivity index (χ4v) is 2.72. The molecule has 6 heteroatoms. The normalized spacial score (nSPS) is 11.6. The third-order valence-corrected chi connectivity index (χ3v) is 4.43. The van der Waals surface area contributed by atoms with E-state index in [1.54, 1.807) is 20.1 Å². The summed E-state index contributed by atoms with van der Waals surface area (Å²) >= 11 is 0. The Morgan fingerprint density at radius 2 is 1.89 bits per heavy atom. The molecule has 27 heavy (non-hydrogen) atoms. The van der Waals surface area contributed by atoms with Crippen LogP contribution in [-0.4, -0.2) is 36.7 Å². The molecule has 5 nitrogen and oxygen atoms in total. The van der Waals surface area contributed by atoms with Gasteiger partial charge in [-0.1, -0.05) is 26.0 Å². The first-order valence-electron chi connectivity index (χ1n) is 8.98. The Bertz CT molecular complexity index is 817. The van der Waals surface area contributed by atoms with Gasteiger partial charge in [-0.3, -0.25) is 9.69 Å². The van der Waals surface area contributed by atoms with Crippen molar-refractivity contribution in [3.8, 4) is 5.75 Å². The zero-order valence-electron chi connectivity index (χ0n) is 16.3. The standard InChI is InChI=1S/C21H26FN3O2/c1-5-25(6-2)14-17-13-16(11-12-20(17)27-4)15(3)23-24-21(26)18-9-7-8-10-19(18)22/h7-13H,5-6,14H2,1-4H3,(H,24,26)/b23-15-. The lowest BCUT2D eigenvalue weighted by molar-refractivity contribution is 0.0951. The number of hydrogen-bond acceptors (Lipinski definition) is 4. The largest absolute Gasteiger partial charge is 0.496 e. The van der Waals surface area contributed by atoms with E-state index in [4.69, 9.17) is 4.74 Å². The highest BCUT2D eigenvalue weighted by Crippen LogP contribution is 2.22. The van der Waals surface area contributed by atoms with Gasteiger partial charge in [0.2, 0.25) is 0 Å². The number of carbonyl (C=O) groups excluding carboxylic acids is 1. The van der Waals surface area contributed by atoms with Gasteiger partial charge < -0.3 is 4.74 Å². The summed E-state index contributed by atoms with van der Waals surface area (Å²) in [7, 11) is 1.65. The van der Waals surface area contributed by atoms with E-state index in [0.29, 0.717) is 5.71 Å². The highest BCUT2D eigenvalue weighted by molar-refractivity contribution is 6.01. The predicted octanol–water partition coefficient (Wildman–Crippen LogP) is 3.83. The first kappa shape index (κ1) is 20.6. The van der Waals surface area contributed by atoms with Gasteiger partial charge in [0.15, 0.2) is 0 Å². The van der Waals surface area contributed by atoms with Gasteiger partial charge in [-0.15, -0.1) is 0 Å². The second kappa shape index (κ2) is 9.83. The van der Waals surface area contributed by atoms with Crippen molar-refractivity contribution in [2.75, 3.05) is 20.2 Å². The Hall–Kier alpha value is -2.73. The molecule has 0 aliphatic carbocycles. The van der Waals surface area contributed by atoms with Crippen molar-refractivity contribution in [2.45, 2.75) is 27.3 Å². The summed E-state index contributed by atoms with van der Waals surface area (Å²) in [5.41, 5.74) is 4.93. The Morgan fingerprint density at radius 3 is 2.52 bits per heavy atom. The van der Waals surface area contributed by atoms with Gasteiger partial charge in [-0.2, -0.15) is 5.10 Å². The molecule has 0 heterocycles. The van der Waals surface area contributed by atoms with Crippen LogP contribution in [0.5, 0.6) is 5.75 Å². The molecule has 1 amide bonds. The van der Waals surface area contributed by atoms with Crippen molar-refractivity contribution in [3.63, 3.8) is 0 Å². The Morgan fingerprint density at radius 1 is 1.19 bits per heavy atom. The first-order valence-corrected chi connectivity index (χ1v) is 8.98. The lowest BCUT2D eigenvalue weighted by atomic mass is 10.1. The van der Waals surface area contributed by atoms with Crippen LogP contribution in [0.2, 0.25) is 0 Å². The minimum absolute atomic E-state index is 0.0361. The Labute approximate surface area is 159 Å². The fraction of sp³-hybridized carbons (Fsp3) is 0.333. The molecule has 0 spiro atoms. The van der Waals surface area contributed by atoms with E-state index < -0.39 is 11.7 Å². The summed E-state index contributed by atoms with van der Waals surface area (Å²) in [6, 6.07) is 11.6. The van der Waals surface area contributed by atoms with Crippen LogP contribution in [0, 0.1) is 5.82 Å². The van der Waals surface area contributed by atoms with E-state index >= 15 is 0 Å². The highest BCUT2D eigenvalue weighted by Gasteiger charge is 2.12. The number of ether oxygens (including phenoxy) is 1. The molecule has 0 fully saturated rings. The maximum atomic E-state index is 13.7. The quantitative estimate of drug-likeness (QED) is 0.567. The van der Waals surface area contributed by atoms with Crippen molar-refractivity contribution >= 4 is 11.6 Å². The summed E-state index contributed by atoms with van der Waals surface area (Å²) < 4.78 is 19.1. The molecular formula is C21H26FN3O2. The maximum Gasteiger partial charge on any atom is 0.274 e. The predicted molar refractivity (Wildman–Crippen MR) is 106 cm³/mol. The van der Waals surface area contributed by atoms with Crippen LogP contribution in [0.25, 0.3) is 0 Å². The summed E-state index contributed by atoms with van der Waals surface area (Å²) in [6.45, 7) is 8.67. The second-order valence-corrected chi connectivity index (χ2v) is 6.11. The zero-order valence-corrected chi connectivity index (χ0v) is 16.3. The molecule has 2 aromatic carbocycles. The van der Waals surface area contributed by atoms with Gasteiger partial charge >= 0.3 is 0 Å². The molecule has 0 radical (unpaired) electrons. The van der Waals surface area contributed by atoms with Crippen LogP contribution >= 0.6 is 0 Å². The third kappa shape index (κ3) is 5.37. The molecule has 2 rings (SSSR count). The van der Waals surface area contributed by atoms with Crippen LogP contribution in [0.1, 0.15) is 42.3 Å². The van der Waals surface area contributed by atoms with Gasteiger partial charge in [0, 0.05) is 12.1 Å². The lowest BCUT2D eigenvalue weighted by Gasteiger charge is -2.20. The number of nitrogens with zero attached hydrogens (tertiary/aromatic N) is 2. The number of nitrogens with one attached hydrogen (secondary N) is 1. The molecule has 0 aliphatic rings. The topological polar surface area (TPSA) is 53.9 Å². The van der Waals surface area contributed by atoms with Crippen molar-refractivity contribution in [2.24, 2.45) is 5.10 Å². The molecule has 0 aliphatic heterocycles. The minimum atomic E-state index is -0.579. The number of halogens is 1. The van der Waals surface area contributed by atoms with E-state index in [1.165, 1.54) is 18.2 Å². The van der Waals surface area contributed by atoms with E-state index in [2.05, 4.69) is 29.3 Å². The van der Waals surface area contributed by atoms with Crippen LogP contribution in [0.3, 0.4) is 0 Å². The molecule has 0 unspecified atom stereocenters. The van der Waals surface area contributed by atoms with Crippen molar-refractivity contribution in [1.29, 1.82) is 0 Å². The first-order chi connectivity index (χ1) is 13.0. The maximum absolute atomic E-state index is 13.7. The van der Waals surface area contributed by atoms with Crippen LogP contribution in [0.4, 0.5) is 4.39 Å². The average molecular weight is 371 g/mol. The fourth-order valence-electron chi connectivity index (χ4n) is 2.72. The smallest absolute Gasteiger partial charge is 0.274 e.